The summed E-state index contributed by atoms with van der Waals surface area (Å²) in [5.74, 6) is 0. The van der Waals surface area contributed by atoms with Gasteiger partial charge in [0, 0.05) is 0 Å². The van der Waals surface area contributed by atoms with E-state index in [0.717, 1.165) is 0 Å². The Morgan fingerprint density at radius 1 is 1.00 bits per heavy atom. The molecule has 2 heteroatoms. The Morgan fingerprint density at radius 3 is 1.00 bits per heavy atom. The van der Waals surface area contributed by atoms with E-state index < -0.39 is 0 Å². The van der Waals surface area contributed by atoms with E-state index in [4.69, 9.17) is 5.73 Å². The molecule has 0 fully saturated rings. The van der Waals surface area contributed by atoms with E-state index in [1.54, 1.807) is 0 Å². The molecule has 0 amide bonds. The molecule has 30 valence electrons. The molecule has 1 N–H and O–H groups in total. The Balaban J connectivity index is -0.00000000167. The molecule has 0 radical (unpaired) electrons. The molecular formula is C3H10AlN. The zero-order valence-corrected chi connectivity index (χ0v) is 5.23. The Morgan fingerprint density at radius 2 is 1.00 bits per heavy atom. The van der Waals surface area contributed by atoms with Gasteiger partial charge in [-0.15, -0.1) is 0 Å². The van der Waals surface area contributed by atoms with Crippen molar-refractivity contribution in [2.45, 2.75) is 0 Å². The van der Waals surface area contributed by atoms with Gasteiger partial charge in [0.05, 0.1) is 0 Å². The van der Waals surface area contributed by atoms with Gasteiger partial charge < -0.3 is 20.6 Å². The zero-order valence-electron chi connectivity index (χ0n) is 4.08. The monoisotopic (exact) mass is 87.1 g/mol. The summed E-state index contributed by atoms with van der Waals surface area (Å²) in [7, 11) is 1.25. The van der Waals surface area contributed by atoms with Gasteiger partial charge in [0.2, 0.25) is 0 Å². The first-order valence-electron chi connectivity index (χ1n) is 0.500. The van der Waals surface area contributed by atoms with E-state index in [9.17, 15) is 0 Å². The third kappa shape index (κ3) is 115. The van der Waals surface area contributed by atoms with Crippen molar-refractivity contribution in [3.05, 3.63) is 20.6 Å². The molecular weight excluding hydrogens is 77.0 g/mol. The van der Waals surface area contributed by atoms with Gasteiger partial charge in [-0.25, -0.2) is 0 Å². The number of hydrogen-bond donors (Lipinski definition) is 0. The van der Waals surface area contributed by atoms with Crippen LogP contribution in [0.5, 0.6) is 0 Å². The van der Waals surface area contributed by atoms with Crippen molar-refractivity contribution in [1.82, 2.24) is 0 Å². The molecule has 0 aromatic carbocycles. The summed E-state index contributed by atoms with van der Waals surface area (Å²) in [6.45, 7) is 0. The average molecular weight is 87.1 g/mol. The smallest absolute Gasteiger partial charge is 0.680 e. The van der Waals surface area contributed by atoms with Gasteiger partial charge in [0.25, 0.3) is 0 Å². The van der Waals surface area contributed by atoms with Crippen LogP contribution in [0.1, 0.15) is 0 Å². The van der Waals surface area contributed by atoms with E-state index in [1.807, 2.05) is 0 Å². The van der Waals surface area contributed by atoms with Crippen LogP contribution in [-0.2, 0) is 0 Å². The van der Waals surface area contributed by atoms with Crippen molar-refractivity contribution in [2.75, 3.05) is 7.05 Å². The topological polar surface area (TPSA) is 23.8 Å². The molecule has 0 aromatic heterocycles. The van der Waals surface area contributed by atoms with Crippen LogP contribution in [0.25, 0.3) is 5.73 Å². The van der Waals surface area contributed by atoms with Crippen LogP contribution in [0.15, 0.2) is 0 Å². The van der Waals surface area contributed by atoms with Gasteiger partial charge in [0.1, 0.15) is 0 Å². The van der Waals surface area contributed by atoms with Crippen molar-refractivity contribution in [3.8, 4) is 0 Å². The molecule has 0 aliphatic carbocycles. The van der Waals surface area contributed by atoms with Crippen molar-refractivity contribution in [3.63, 3.8) is 0 Å². The molecule has 0 unspecified atom stereocenters. The Kier molecular flexibility index (Phi) is 2250. The van der Waals surface area contributed by atoms with Gasteiger partial charge >= 0.3 is 17.4 Å². The maximum absolute atomic E-state index is 5.75. The van der Waals surface area contributed by atoms with Gasteiger partial charge in [0.15, 0.2) is 0 Å². The van der Waals surface area contributed by atoms with Crippen LogP contribution in [0.3, 0.4) is 0 Å². The number of rotatable bonds is 0. The third-order valence-electron chi connectivity index (χ3n) is 0. The maximum atomic E-state index is 5.75. The fourth-order valence-electron chi connectivity index (χ4n) is 0. The predicted octanol–water partition coefficient (Wildman–Crippen LogP) is 1.19. The Labute approximate surface area is 45.7 Å². The first-order valence-corrected chi connectivity index (χ1v) is 0.500. The van der Waals surface area contributed by atoms with Crippen molar-refractivity contribution < 1.29 is 0 Å². The van der Waals surface area contributed by atoms with Gasteiger partial charge in [-0.2, -0.15) is 7.05 Å². The average Bonchev–Trinajstić information content (AvgIpc) is 1.00. The fourth-order valence-corrected chi connectivity index (χ4v) is 0. The second kappa shape index (κ2) is 226. The van der Waals surface area contributed by atoms with E-state index in [0.29, 0.717) is 0 Å². The first-order chi connectivity index (χ1) is 1.00. The van der Waals surface area contributed by atoms with Gasteiger partial charge in [-0.3, -0.25) is 0 Å². The summed E-state index contributed by atoms with van der Waals surface area (Å²) in [6, 6.07) is 0. The summed E-state index contributed by atoms with van der Waals surface area (Å²) in [4.78, 5) is 0. The van der Waals surface area contributed by atoms with Crippen molar-refractivity contribution >= 4 is 17.4 Å². The van der Waals surface area contributed by atoms with Gasteiger partial charge in [-0.05, 0) is 0 Å². The van der Waals surface area contributed by atoms with E-state index in [2.05, 4.69) is 0 Å². The normalized spacial score (nSPS) is 1.20. The van der Waals surface area contributed by atoms with Crippen LogP contribution < -0.4 is 0 Å². The largest absolute Gasteiger partial charge is 3.00 e. The number of hydrogen-bond acceptors (Lipinski definition) is 0. The van der Waals surface area contributed by atoms with Crippen LogP contribution in [0.4, 0.5) is 0 Å². The molecule has 0 aliphatic rings. The second-order valence-electron chi connectivity index (χ2n) is 0. The molecule has 5 heavy (non-hydrogen) atoms. The summed E-state index contributed by atoms with van der Waals surface area (Å²) in [5.41, 5.74) is 5.75. The molecule has 0 aromatic rings. The molecule has 1 nitrogen and oxygen atoms in total. The quantitative estimate of drug-likeness (QED) is 0.313. The molecule has 0 bridgehead atoms. The van der Waals surface area contributed by atoms with Gasteiger partial charge in [-0.1, -0.05) is 0 Å². The second-order valence-corrected chi connectivity index (χ2v) is 0. The van der Waals surface area contributed by atoms with Crippen LogP contribution >= 0.6 is 0 Å². The van der Waals surface area contributed by atoms with E-state index in [-0.39, 0.29) is 32.2 Å². The molecule has 0 saturated heterocycles. The summed E-state index contributed by atoms with van der Waals surface area (Å²) in [5, 5.41) is 0. The Hall–Kier alpha value is 0.492. The molecule has 0 saturated carbocycles. The number of nitrogens with one attached hydrogen (secondary N) is 1. The summed E-state index contributed by atoms with van der Waals surface area (Å²) < 4.78 is 0. The van der Waals surface area contributed by atoms with Crippen LogP contribution in [-0.4, -0.2) is 24.4 Å². The van der Waals surface area contributed by atoms with Crippen LogP contribution in [0.2, 0.25) is 0 Å². The van der Waals surface area contributed by atoms with Crippen LogP contribution in [0, 0.1) is 14.9 Å². The minimum Gasteiger partial charge on any atom is -0.680 e. The minimum absolute atomic E-state index is 0. The predicted molar refractivity (Wildman–Crippen MR) is 28.8 cm³/mol. The molecule has 0 atom stereocenters. The minimum atomic E-state index is 0. The van der Waals surface area contributed by atoms with E-state index >= 15 is 0 Å². The molecule has 0 heterocycles. The Bertz CT molecular complexity index is 6.85. The zero-order chi connectivity index (χ0) is 2.00. The third-order valence-corrected chi connectivity index (χ3v) is 0. The molecule has 0 aliphatic heterocycles. The molecule has 0 rings (SSSR count). The first kappa shape index (κ1) is 49.8. The maximum Gasteiger partial charge on any atom is 3.00 e. The molecule has 0 spiro atoms. The fraction of sp³-hybridized carbons (Fsp3) is 0.333. The standard InChI is InChI=1S/CH4N.2CH3.Al/c1-2;;;/h2H,1H3;2*1H3;/q3*-1;+3. The summed E-state index contributed by atoms with van der Waals surface area (Å²) >= 11 is 0. The SMILES string of the molecule is C[NH-].[Al+3].[CH3-].[CH3-]. The summed E-state index contributed by atoms with van der Waals surface area (Å²) in [6.07, 6.45) is 0. The van der Waals surface area contributed by atoms with E-state index in [1.165, 1.54) is 7.05 Å². The van der Waals surface area contributed by atoms with Crippen molar-refractivity contribution in [1.29, 1.82) is 0 Å². The van der Waals surface area contributed by atoms with Crippen molar-refractivity contribution in [2.24, 2.45) is 0 Å².